The molecule has 4 fully saturated rings. The van der Waals surface area contributed by atoms with Crippen LogP contribution in [-0.4, -0.2) is 22.3 Å². The highest BCUT2D eigenvalue weighted by atomic mass is 16.3. The van der Waals surface area contributed by atoms with Crippen molar-refractivity contribution in [3.8, 4) is 0 Å². The van der Waals surface area contributed by atoms with Gasteiger partial charge in [-0.15, -0.1) is 0 Å². The van der Waals surface area contributed by atoms with E-state index in [9.17, 15) is 14.7 Å². The van der Waals surface area contributed by atoms with Gasteiger partial charge in [0.05, 0.1) is 11.0 Å². The van der Waals surface area contributed by atoms with Gasteiger partial charge in [-0.05, 0) is 68.6 Å². The molecule has 0 bridgehead atoms. The SMILES string of the molecule is CC12CCC(=O)C[C@@H]1CCC1C2CCC2(C)C(=O)CC[C@@]12O. The van der Waals surface area contributed by atoms with E-state index in [2.05, 4.69) is 6.92 Å². The highest BCUT2D eigenvalue weighted by Crippen LogP contribution is 2.66. The van der Waals surface area contributed by atoms with Crippen LogP contribution in [0.2, 0.25) is 0 Å². The summed E-state index contributed by atoms with van der Waals surface area (Å²) in [6.45, 7) is 4.38. The third-order valence-corrected chi connectivity index (χ3v) is 8.38. The van der Waals surface area contributed by atoms with Crippen LogP contribution in [0.1, 0.15) is 71.6 Å². The summed E-state index contributed by atoms with van der Waals surface area (Å²) < 4.78 is 0. The summed E-state index contributed by atoms with van der Waals surface area (Å²) in [5, 5.41) is 11.5. The fourth-order valence-corrected chi connectivity index (χ4v) is 6.78. The second-order valence-corrected chi connectivity index (χ2v) is 8.95. The van der Waals surface area contributed by atoms with E-state index in [0.717, 1.165) is 38.5 Å². The molecular weight excluding hydrogens is 276 g/mol. The summed E-state index contributed by atoms with van der Waals surface area (Å²) >= 11 is 0. The number of carbonyl (C=O) groups excluding carboxylic acids is 2. The molecule has 3 nitrogen and oxygen atoms in total. The van der Waals surface area contributed by atoms with Crippen molar-refractivity contribution >= 4 is 11.6 Å². The molecule has 0 aromatic rings. The van der Waals surface area contributed by atoms with Crippen molar-refractivity contribution in [1.82, 2.24) is 0 Å². The Balaban J connectivity index is 1.71. The van der Waals surface area contributed by atoms with Crippen molar-refractivity contribution in [3.05, 3.63) is 0 Å². The van der Waals surface area contributed by atoms with Gasteiger partial charge < -0.3 is 5.11 Å². The molecule has 122 valence electrons. The number of fused-ring (bicyclic) bond motifs is 5. The van der Waals surface area contributed by atoms with Gasteiger partial charge in [-0.25, -0.2) is 0 Å². The molecule has 1 N–H and O–H groups in total. The molecular formula is C19H28O3. The molecule has 4 aliphatic rings. The third kappa shape index (κ3) is 1.61. The van der Waals surface area contributed by atoms with Gasteiger partial charge >= 0.3 is 0 Å². The van der Waals surface area contributed by atoms with E-state index in [0.29, 0.717) is 36.9 Å². The highest BCUT2D eigenvalue weighted by molar-refractivity contribution is 5.88. The lowest BCUT2D eigenvalue weighted by atomic mass is 9.44. The van der Waals surface area contributed by atoms with Crippen LogP contribution in [0.4, 0.5) is 0 Å². The molecule has 4 saturated carbocycles. The molecule has 4 aliphatic carbocycles. The second kappa shape index (κ2) is 4.43. The molecule has 3 heteroatoms. The Labute approximate surface area is 132 Å². The molecule has 0 spiro atoms. The van der Waals surface area contributed by atoms with Crippen LogP contribution in [0.3, 0.4) is 0 Å². The quantitative estimate of drug-likeness (QED) is 0.747. The lowest BCUT2D eigenvalue weighted by Gasteiger charge is -2.61. The van der Waals surface area contributed by atoms with Crippen LogP contribution in [0.5, 0.6) is 0 Å². The average molecular weight is 304 g/mol. The first kappa shape index (κ1) is 14.9. The van der Waals surface area contributed by atoms with Crippen LogP contribution in [-0.2, 0) is 9.59 Å². The molecule has 0 saturated heterocycles. The van der Waals surface area contributed by atoms with E-state index >= 15 is 0 Å². The molecule has 0 heterocycles. The Kier molecular flexibility index (Phi) is 3.00. The number of hydrogen-bond donors (Lipinski definition) is 1. The van der Waals surface area contributed by atoms with E-state index in [4.69, 9.17) is 0 Å². The normalized spacial score (nSPS) is 54.6. The van der Waals surface area contributed by atoms with E-state index < -0.39 is 11.0 Å². The third-order valence-electron chi connectivity index (χ3n) is 8.38. The van der Waals surface area contributed by atoms with Gasteiger partial charge in [0.15, 0.2) is 0 Å². The van der Waals surface area contributed by atoms with Crippen LogP contribution in [0.15, 0.2) is 0 Å². The Morgan fingerprint density at radius 2 is 1.73 bits per heavy atom. The van der Waals surface area contributed by atoms with Gasteiger partial charge in [0.1, 0.15) is 11.6 Å². The van der Waals surface area contributed by atoms with Crippen LogP contribution in [0.25, 0.3) is 0 Å². The summed E-state index contributed by atoms with van der Waals surface area (Å²) in [5.74, 6) is 1.95. The molecule has 6 atom stereocenters. The maximum Gasteiger partial charge on any atom is 0.141 e. The molecule has 0 amide bonds. The van der Waals surface area contributed by atoms with E-state index in [1.165, 1.54) is 0 Å². The van der Waals surface area contributed by atoms with Gasteiger partial charge in [-0.3, -0.25) is 9.59 Å². The number of Topliss-reactive ketones (excluding diaryl/α,β-unsaturated/α-hetero) is 2. The van der Waals surface area contributed by atoms with Crippen molar-refractivity contribution in [1.29, 1.82) is 0 Å². The predicted octanol–water partition coefficient (Wildman–Crippen LogP) is 3.28. The minimum absolute atomic E-state index is 0.194. The van der Waals surface area contributed by atoms with Gasteiger partial charge in [0.2, 0.25) is 0 Å². The Hall–Kier alpha value is -0.700. The van der Waals surface area contributed by atoms with Crippen molar-refractivity contribution in [3.63, 3.8) is 0 Å². The molecule has 22 heavy (non-hydrogen) atoms. The second-order valence-electron chi connectivity index (χ2n) is 8.95. The monoisotopic (exact) mass is 304 g/mol. The molecule has 0 aromatic carbocycles. The summed E-state index contributed by atoms with van der Waals surface area (Å²) in [4.78, 5) is 24.3. The van der Waals surface area contributed by atoms with Crippen molar-refractivity contribution < 1.29 is 14.7 Å². The zero-order valence-electron chi connectivity index (χ0n) is 13.9. The fraction of sp³-hybridized carbons (Fsp3) is 0.895. The summed E-state index contributed by atoms with van der Waals surface area (Å²) in [5.41, 5.74) is -1.11. The van der Waals surface area contributed by atoms with Crippen molar-refractivity contribution in [2.24, 2.45) is 28.6 Å². The Morgan fingerprint density at radius 1 is 0.955 bits per heavy atom. The molecule has 0 radical (unpaired) electrons. The van der Waals surface area contributed by atoms with Crippen LogP contribution < -0.4 is 0 Å². The fourth-order valence-electron chi connectivity index (χ4n) is 6.78. The maximum atomic E-state index is 12.4. The Morgan fingerprint density at radius 3 is 2.50 bits per heavy atom. The maximum absolute atomic E-state index is 12.4. The largest absolute Gasteiger partial charge is 0.389 e. The first-order valence-corrected chi connectivity index (χ1v) is 9.09. The molecule has 0 aromatic heterocycles. The molecule has 4 rings (SSSR count). The van der Waals surface area contributed by atoms with Crippen LogP contribution in [0, 0.1) is 28.6 Å². The lowest BCUT2D eigenvalue weighted by molar-refractivity contribution is -0.197. The summed E-state index contributed by atoms with van der Waals surface area (Å²) in [7, 11) is 0. The van der Waals surface area contributed by atoms with Crippen molar-refractivity contribution in [2.45, 2.75) is 77.2 Å². The number of hydrogen-bond acceptors (Lipinski definition) is 3. The number of aliphatic hydroxyl groups is 1. The van der Waals surface area contributed by atoms with Crippen molar-refractivity contribution in [2.75, 3.05) is 0 Å². The first-order chi connectivity index (χ1) is 10.3. The van der Waals surface area contributed by atoms with Gasteiger partial charge in [-0.1, -0.05) is 6.92 Å². The first-order valence-electron chi connectivity index (χ1n) is 9.09. The van der Waals surface area contributed by atoms with Gasteiger partial charge in [0.25, 0.3) is 0 Å². The summed E-state index contributed by atoms with van der Waals surface area (Å²) in [6, 6.07) is 0. The van der Waals surface area contributed by atoms with Gasteiger partial charge in [-0.2, -0.15) is 0 Å². The van der Waals surface area contributed by atoms with Gasteiger partial charge in [0, 0.05) is 19.3 Å². The molecule has 0 aliphatic heterocycles. The summed E-state index contributed by atoms with van der Waals surface area (Å²) in [6.07, 6.45) is 7.58. The zero-order chi connectivity index (χ0) is 15.8. The standard InChI is InChI=1S/C19H28O3/c1-17-8-5-13(20)11-12(17)3-4-15-14(17)6-9-18(2)16(21)7-10-19(15,18)22/h12,14-15,22H,3-11H2,1-2H3/t12-,14?,15?,17?,18?,19+/m0/s1. The highest BCUT2D eigenvalue weighted by Gasteiger charge is 2.67. The predicted molar refractivity (Wildman–Crippen MR) is 83.2 cm³/mol. The smallest absolute Gasteiger partial charge is 0.141 e. The van der Waals surface area contributed by atoms with E-state index in [-0.39, 0.29) is 17.1 Å². The minimum Gasteiger partial charge on any atom is -0.389 e. The molecule has 4 unspecified atom stereocenters. The van der Waals surface area contributed by atoms with E-state index in [1.807, 2.05) is 6.92 Å². The topological polar surface area (TPSA) is 54.4 Å². The zero-order valence-corrected chi connectivity index (χ0v) is 13.9. The Bertz CT molecular complexity index is 541. The van der Waals surface area contributed by atoms with Crippen LogP contribution >= 0.6 is 0 Å². The lowest BCUT2D eigenvalue weighted by Crippen LogP contribution is -2.62. The van der Waals surface area contributed by atoms with E-state index in [1.54, 1.807) is 0 Å². The number of rotatable bonds is 0. The average Bonchev–Trinajstić information content (AvgIpc) is 2.72. The number of carbonyl (C=O) groups is 2. The number of ketones is 2. The minimum atomic E-state index is -0.789.